The molecule has 1 aliphatic rings. The molecule has 1 amide bonds. The zero-order valence-corrected chi connectivity index (χ0v) is 12.7. The number of hydrogen-bond donors (Lipinski definition) is 0. The van der Waals surface area contributed by atoms with E-state index >= 15 is 0 Å². The molecule has 1 aromatic carbocycles. The lowest BCUT2D eigenvalue weighted by Crippen LogP contribution is -2.42. The molecule has 3 rings (SSSR count). The van der Waals surface area contributed by atoms with Crippen molar-refractivity contribution >= 4 is 5.91 Å². The number of likely N-dealkylation sites (tertiary alicyclic amines) is 1. The molecule has 0 aliphatic carbocycles. The van der Waals surface area contributed by atoms with Crippen molar-refractivity contribution in [1.82, 2.24) is 9.88 Å². The lowest BCUT2D eigenvalue weighted by atomic mass is 10.0. The smallest absolute Gasteiger partial charge is 0.254 e. The number of aromatic nitrogens is 1. The first-order chi connectivity index (χ1) is 10.7. The fraction of sp³-hybridized carbons (Fsp3) is 0.333. The van der Waals surface area contributed by atoms with Gasteiger partial charge in [-0.15, -0.1) is 0 Å². The van der Waals surface area contributed by atoms with E-state index in [4.69, 9.17) is 4.74 Å². The number of rotatable bonds is 3. The predicted octanol–water partition coefficient (Wildman–Crippen LogP) is 3.89. The Hall–Kier alpha value is -2.36. The maximum atomic E-state index is 12.7. The minimum absolute atomic E-state index is 0.0902. The van der Waals surface area contributed by atoms with Gasteiger partial charge in [-0.3, -0.25) is 9.78 Å². The SMILES string of the molecule is CC1CCCCN1C(=O)c1cccc(Oc2ccncc2)c1. The van der Waals surface area contributed by atoms with Crippen LogP contribution in [0.3, 0.4) is 0 Å². The Morgan fingerprint density at radius 3 is 2.77 bits per heavy atom. The van der Waals surface area contributed by atoms with Crippen molar-refractivity contribution < 1.29 is 9.53 Å². The van der Waals surface area contributed by atoms with E-state index in [-0.39, 0.29) is 5.91 Å². The standard InChI is InChI=1S/C18H20N2O2/c1-14-5-2-3-12-20(14)18(21)15-6-4-7-17(13-15)22-16-8-10-19-11-9-16/h4,6-11,13-14H,2-3,5,12H2,1H3. The van der Waals surface area contributed by atoms with Crippen molar-refractivity contribution in [2.75, 3.05) is 6.54 Å². The number of pyridine rings is 1. The molecule has 1 atom stereocenters. The maximum absolute atomic E-state index is 12.7. The van der Waals surface area contributed by atoms with Gasteiger partial charge in [0.1, 0.15) is 11.5 Å². The van der Waals surface area contributed by atoms with Crippen LogP contribution in [0, 0.1) is 0 Å². The van der Waals surface area contributed by atoms with Gasteiger partial charge >= 0.3 is 0 Å². The predicted molar refractivity (Wildman–Crippen MR) is 85.1 cm³/mol. The molecule has 0 N–H and O–H groups in total. The van der Waals surface area contributed by atoms with Gasteiger partial charge in [-0.25, -0.2) is 0 Å². The van der Waals surface area contributed by atoms with Crippen LogP contribution in [-0.4, -0.2) is 28.4 Å². The fourth-order valence-electron chi connectivity index (χ4n) is 2.80. The molecular formula is C18H20N2O2. The van der Waals surface area contributed by atoms with Crippen LogP contribution in [0.5, 0.6) is 11.5 Å². The third kappa shape index (κ3) is 3.27. The molecule has 2 heterocycles. The molecule has 0 saturated carbocycles. The molecule has 0 radical (unpaired) electrons. The van der Waals surface area contributed by atoms with Gasteiger partial charge in [-0.2, -0.15) is 0 Å². The molecule has 4 heteroatoms. The summed E-state index contributed by atoms with van der Waals surface area (Å²) in [6.07, 6.45) is 6.73. The summed E-state index contributed by atoms with van der Waals surface area (Å²) in [7, 11) is 0. The zero-order valence-electron chi connectivity index (χ0n) is 12.7. The lowest BCUT2D eigenvalue weighted by molar-refractivity contribution is 0.0635. The number of carbonyl (C=O) groups is 1. The van der Waals surface area contributed by atoms with Gasteiger partial charge in [0, 0.05) is 30.5 Å². The van der Waals surface area contributed by atoms with Gasteiger partial charge in [-0.1, -0.05) is 6.07 Å². The topological polar surface area (TPSA) is 42.4 Å². The van der Waals surface area contributed by atoms with E-state index in [0.717, 1.165) is 19.4 Å². The number of benzene rings is 1. The third-order valence-corrected chi connectivity index (χ3v) is 4.03. The molecule has 2 aromatic rings. The lowest BCUT2D eigenvalue weighted by Gasteiger charge is -2.33. The summed E-state index contributed by atoms with van der Waals surface area (Å²) in [6, 6.07) is 11.3. The van der Waals surface area contributed by atoms with Crippen LogP contribution < -0.4 is 4.74 Å². The number of nitrogens with zero attached hydrogens (tertiary/aromatic N) is 2. The Morgan fingerprint density at radius 2 is 2.00 bits per heavy atom. The second-order valence-electron chi connectivity index (χ2n) is 5.66. The first kappa shape index (κ1) is 14.6. The minimum Gasteiger partial charge on any atom is -0.457 e. The van der Waals surface area contributed by atoms with E-state index in [1.807, 2.05) is 29.2 Å². The molecule has 1 fully saturated rings. The van der Waals surface area contributed by atoms with Crippen LogP contribution in [0.25, 0.3) is 0 Å². The summed E-state index contributed by atoms with van der Waals surface area (Å²) in [6.45, 7) is 2.96. The van der Waals surface area contributed by atoms with Crippen molar-refractivity contribution in [2.45, 2.75) is 32.2 Å². The Kier molecular flexibility index (Phi) is 4.37. The molecule has 1 saturated heterocycles. The van der Waals surface area contributed by atoms with Crippen molar-refractivity contribution in [2.24, 2.45) is 0 Å². The average molecular weight is 296 g/mol. The molecule has 1 unspecified atom stereocenters. The van der Waals surface area contributed by atoms with Crippen molar-refractivity contribution in [3.8, 4) is 11.5 Å². The third-order valence-electron chi connectivity index (χ3n) is 4.03. The highest BCUT2D eigenvalue weighted by molar-refractivity contribution is 5.94. The van der Waals surface area contributed by atoms with Crippen LogP contribution >= 0.6 is 0 Å². The molecule has 1 aliphatic heterocycles. The summed E-state index contributed by atoms with van der Waals surface area (Å²) < 4.78 is 5.77. The monoisotopic (exact) mass is 296 g/mol. The summed E-state index contributed by atoms with van der Waals surface area (Å²) >= 11 is 0. The number of piperidine rings is 1. The summed E-state index contributed by atoms with van der Waals surface area (Å²) in [5, 5.41) is 0. The molecule has 1 aromatic heterocycles. The molecule has 0 bridgehead atoms. The Labute approximate surface area is 130 Å². The maximum Gasteiger partial charge on any atom is 0.254 e. The molecule has 22 heavy (non-hydrogen) atoms. The summed E-state index contributed by atoms with van der Waals surface area (Å²) in [5.74, 6) is 1.47. The van der Waals surface area contributed by atoms with Gasteiger partial charge in [-0.05, 0) is 56.5 Å². The van der Waals surface area contributed by atoms with E-state index in [1.165, 1.54) is 6.42 Å². The van der Waals surface area contributed by atoms with Crippen molar-refractivity contribution in [3.05, 3.63) is 54.4 Å². The van der Waals surface area contributed by atoms with Gasteiger partial charge < -0.3 is 9.64 Å². The van der Waals surface area contributed by atoms with Gasteiger partial charge in [0.2, 0.25) is 0 Å². The Bertz CT molecular complexity index is 643. The number of amides is 1. The highest BCUT2D eigenvalue weighted by Crippen LogP contribution is 2.24. The molecule has 4 nitrogen and oxygen atoms in total. The van der Waals surface area contributed by atoms with Crippen LogP contribution in [0.2, 0.25) is 0 Å². The Morgan fingerprint density at radius 1 is 1.18 bits per heavy atom. The van der Waals surface area contributed by atoms with E-state index in [2.05, 4.69) is 11.9 Å². The van der Waals surface area contributed by atoms with Crippen molar-refractivity contribution in [1.29, 1.82) is 0 Å². The fourth-order valence-corrected chi connectivity index (χ4v) is 2.80. The molecular weight excluding hydrogens is 276 g/mol. The van der Waals surface area contributed by atoms with Gasteiger partial charge in [0.25, 0.3) is 5.91 Å². The van der Waals surface area contributed by atoms with Crippen LogP contribution in [0.15, 0.2) is 48.8 Å². The van der Waals surface area contributed by atoms with Crippen LogP contribution in [-0.2, 0) is 0 Å². The van der Waals surface area contributed by atoms with Crippen LogP contribution in [0.4, 0.5) is 0 Å². The minimum atomic E-state index is 0.0902. The largest absolute Gasteiger partial charge is 0.457 e. The summed E-state index contributed by atoms with van der Waals surface area (Å²) in [4.78, 5) is 18.6. The second-order valence-corrected chi connectivity index (χ2v) is 5.66. The number of carbonyl (C=O) groups excluding carboxylic acids is 1. The number of ether oxygens (including phenoxy) is 1. The normalized spacial score (nSPS) is 18.0. The quantitative estimate of drug-likeness (QED) is 0.863. The number of hydrogen-bond acceptors (Lipinski definition) is 3. The summed E-state index contributed by atoms with van der Waals surface area (Å²) in [5.41, 5.74) is 0.681. The molecule has 114 valence electrons. The van der Waals surface area contributed by atoms with E-state index in [9.17, 15) is 4.79 Å². The second kappa shape index (κ2) is 6.60. The highest BCUT2D eigenvalue weighted by atomic mass is 16.5. The van der Waals surface area contributed by atoms with E-state index in [1.54, 1.807) is 24.5 Å². The Balaban J connectivity index is 1.77. The van der Waals surface area contributed by atoms with E-state index in [0.29, 0.717) is 23.1 Å². The van der Waals surface area contributed by atoms with Gasteiger partial charge in [0.15, 0.2) is 0 Å². The average Bonchev–Trinajstić information content (AvgIpc) is 2.56. The highest BCUT2D eigenvalue weighted by Gasteiger charge is 2.24. The van der Waals surface area contributed by atoms with E-state index < -0.39 is 0 Å². The first-order valence-electron chi connectivity index (χ1n) is 7.73. The van der Waals surface area contributed by atoms with Crippen molar-refractivity contribution in [3.63, 3.8) is 0 Å². The zero-order chi connectivity index (χ0) is 15.4. The van der Waals surface area contributed by atoms with Gasteiger partial charge in [0.05, 0.1) is 0 Å². The first-order valence-corrected chi connectivity index (χ1v) is 7.73. The van der Waals surface area contributed by atoms with Crippen LogP contribution in [0.1, 0.15) is 36.5 Å². The molecule has 0 spiro atoms.